The highest BCUT2D eigenvalue weighted by Gasteiger charge is 2.00. The largest absolute Gasteiger partial charge is 0.304 e. The summed E-state index contributed by atoms with van der Waals surface area (Å²) in [5, 5.41) is 0. The van der Waals surface area contributed by atoms with Gasteiger partial charge in [0.15, 0.2) is 0 Å². The maximum Gasteiger partial charge on any atom is 0.0719 e. The lowest BCUT2D eigenvalue weighted by Gasteiger charge is -2.05. The van der Waals surface area contributed by atoms with Gasteiger partial charge in [-0.25, -0.2) is 5.90 Å². The van der Waals surface area contributed by atoms with Gasteiger partial charge in [-0.3, -0.25) is 0 Å². The SMILES string of the molecule is Cc1c(Br)cccc1CCON. The number of halogens is 1. The van der Waals surface area contributed by atoms with E-state index in [4.69, 9.17) is 5.90 Å². The van der Waals surface area contributed by atoms with Crippen LogP contribution in [0.1, 0.15) is 11.1 Å². The lowest BCUT2D eigenvalue weighted by Crippen LogP contribution is -2.04. The van der Waals surface area contributed by atoms with E-state index in [0.717, 1.165) is 10.9 Å². The molecule has 0 aliphatic rings. The molecule has 2 nitrogen and oxygen atoms in total. The van der Waals surface area contributed by atoms with E-state index in [1.54, 1.807) is 0 Å². The van der Waals surface area contributed by atoms with Gasteiger partial charge in [-0.15, -0.1) is 0 Å². The van der Waals surface area contributed by atoms with Crippen molar-refractivity contribution < 1.29 is 4.84 Å². The summed E-state index contributed by atoms with van der Waals surface area (Å²) in [6.07, 6.45) is 0.863. The van der Waals surface area contributed by atoms with Crippen molar-refractivity contribution in [3.05, 3.63) is 33.8 Å². The summed E-state index contributed by atoms with van der Waals surface area (Å²) in [6.45, 7) is 2.65. The molecular weight excluding hydrogens is 218 g/mol. The highest BCUT2D eigenvalue weighted by Crippen LogP contribution is 2.19. The van der Waals surface area contributed by atoms with Crippen molar-refractivity contribution in [1.82, 2.24) is 0 Å². The van der Waals surface area contributed by atoms with E-state index in [0.29, 0.717) is 6.61 Å². The van der Waals surface area contributed by atoms with Crippen molar-refractivity contribution in [3.63, 3.8) is 0 Å². The van der Waals surface area contributed by atoms with Crippen molar-refractivity contribution in [1.29, 1.82) is 0 Å². The van der Waals surface area contributed by atoms with Crippen LogP contribution in [-0.2, 0) is 11.3 Å². The number of hydrogen-bond acceptors (Lipinski definition) is 2. The number of hydrogen-bond donors (Lipinski definition) is 1. The minimum Gasteiger partial charge on any atom is -0.304 e. The van der Waals surface area contributed by atoms with Crippen molar-refractivity contribution >= 4 is 15.9 Å². The second-order valence-corrected chi connectivity index (χ2v) is 3.50. The van der Waals surface area contributed by atoms with Gasteiger partial charge < -0.3 is 4.84 Å². The topological polar surface area (TPSA) is 35.2 Å². The van der Waals surface area contributed by atoms with Gasteiger partial charge in [0.1, 0.15) is 0 Å². The second-order valence-electron chi connectivity index (χ2n) is 2.64. The lowest BCUT2D eigenvalue weighted by molar-refractivity contribution is 0.141. The monoisotopic (exact) mass is 229 g/mol. The van der Waals surface area contributed by atoms with Gasteiger partial charge in [0.2, 0.25) is 0 Å². The van der Waals surface area contributed by atoms with Gasteiger partial charge in [0, 0.05) is 4.47 Å². The zero-order chi connectivity index (χ0) is 8.97. The first-order valence-electron chi connectivity index (χ1n) is 3.81. The minimum absolute atomic E-state index is 0.567. The summed E-state index contributed by atoms with van der Waals surface area (Å²) < 4.78 is 1.14. The normalized spacial score (nSPS) is 10.2. The van der Waals surface area contributed by atoms with Crippen LogP contribution in [0.4, 0.5) is 0 Å². The first kappa shape index (κ1) is 9.71. The van der Waals surface area contributed by atoms with E-state index in [2.05, 4.69) is 33.8 Å². The molecule has 1 rings (SSSR count). The van der Waals surface area contributed by atoms with Crippen LogP contribution >= 0.6 is 15.9 Å². The molecule has 0 atom stereocenters. The Hall–Kier alpha value is -0.380. The molecule has 1 aromatic rings. The van der Waals surface area contributed by atoms with Crippen LogP contribution in [0.15, 0.2) is 22.7 Å². The standard InChI is InChI=1S/C9H12BrNO/c1-7-8(5-6-12-11)3-2-4-9(7)10/h2-4H,5-6,11H2,1H3. The second kappa shape index (κ2) is 4.60. The van der Waals surface area contributed by atoms with Crippen molar-refractivity contribution in [2.24, 2.45) is 5.90 Å². The predicted molar refractivity (Wildman–Crippen MR) is 52.7 cm³/mol. The Morgan fingerprint density at radius 3 is 2.92 bits per heavy atom. The Morgan fingerprint density at radius 2 is 2.25 bits per heavy atom. The minimum atomic E-state index is 0.567. The molecule has 1 aromatic carbocycles. The third-order valence-electron chi connectivity index (χ3n) is 1.87. The Balaban J connectivity index is 2.78. The molecule has 0 unspecified atom stereocenters. The molecule has 0 spiro atoms. The van der Waals surface area contributed by atoms with Gasteiger partial charge in [0.05, 0.1) is 6.61 Å². The summed E-state index contributed by atoms with van der Waals surface area (Å²) >= 11 is 3.47. The maximum absolute atomic E-state index is 4.95. The summed E-state index contributed by atoms with van der Waals surface area (Å²) in [7, 11) is 0. The van der Waals surface area contributed by atoms with Gasteiger partial charge in [-0.1, -0.05) is 28.1 Å². The fourth-order valence-corrected chi connectivity index (χ4v) is 1.50. The first-order chi connectivity index (χ1) is 5.75. The van der Waals surface area contributed by atoms with E-state index in [1.165, 1.54) is 11.1 Å². The van der Waals surface area contributed by atoms with E-state index in [9.17, 15) is 0 Å². The van der Waals surface area contributed by atoms with Gasteiger partial charge >= 0.3 is 0 Å². The zero-order valence-corrected chi connectivity index (χ0v) is 8.60. The van der Waals surface area contributed by atoms with Crippen LogP contribution in [0.2, 0.25) is 0 Å². The molecule has 2 N–H and O–H groups in total. The number of rotatable bonds is 3. The van der Waals surface area contributed by atoms with E-state index in [-0.39, 0.29) is 0 Å². The van der Waals surface area contributed by atoms with E-state index < -0.39 is 0 Å². The predicted octanol–water partition coefficient (Wildman–Crippen LogP) is 2.19. The fraction of sp³-hybridized carbons (Fsp3) is 0.333. The van der Waals surface area contributed by atoms with Gasteiger partial charge in [-0.05, 0) is 30.5 Å². The van der Waals surface area contributed by atoms with E-state index >= 15 is 0 Å². The van der Waals surface area contributed by atoms with Crippen LogP contribution in [0.25, 0.3) is 0 Å². The first-order valence-corrected chi connectivity index (χ1v) is 4.60. The molecule has 66 valence electrons. The molecule has 0 aliphatic carbocycles. The summed E-state index contributed by atoms with van der Waals surface area (Å²) in [5.41, 5.74) is 2.53. The Bertz CT molecular complexity index is 263. The zero-order valence-electron chi connectivity index (χ0n) is 7.01. The molecule has 0 radical (unpaired) electrons. The molecule has 0 saturated heterocycles. The average molecular weight is 230 g/mol. The molecule has 0 heterocycles. The highest BCUT2D eigenvalue weighted by atomic mass is 79.9. The van der Waals surface area contributed by atoms with Crippen molar-refractivity contribution in [2.45, 2.75) is 13.3 Å². The molecular formula is C9H12BrNO. The van der Waals surface area contributed by atoms with Crippen molar-refractivity contribution in [3.8, 4) is 0 Å². The smallest absolute Gasteiger partial charge is 0.0719 e. The molecule has 3 heteroatoms. The molecule has 0 aromatic heterocycles. The third-order valence-corrected chi connectivity index (χ3v) is 2.73. The molecule has 0 fully saturated rings. The molecule has 12 heavy (non-hydrogen) atoms. The number of benzene rings is 1. The van der Waals surface area contributed by atoms with E-state index in [1.807, 2.05) is 12.1 Å². The van der Waals surface area contributed by atoms with Crippen LogP contribution in [0.5, 0.6) is 0 Å². The van der Waals surface area contributed by atoms with Crippen molar-refractivity contribution in [2.75, 3.05) is 6.61 Å². The average Bonchev–Trinajstić information content (AvgIpc) is 2.08. The summed E-state index contributed by atoms with van der Waals surface area (Å²) in [4.78, 5) is 4.53. The van der Waals surface area contributed by atoms with Crippen LogP contribution in [-0.4, -0.2) is 6.61 Å². The quantitative estimate of drug-likeness (QED) is 0.808. The van der Waals surface area contributed by atoms with Crippen LogP contribution < -0.4 is 5.90 Å². The van der Waals surface area contributed by atoms with Gasteiger partial charge in [-0.2, -0.15) is 0 Å². The lowest BCUT2D eigenvalue weighted by atomic mass is 10.1. The van der Waals surface area contributed by atoms with Gasteiger partial charge in [0.25, 0.3) is 0 Å². The Labute approximate surface area is 80.8 Å². The highest BCUT2D eigenvalue weighted by molar-refractivity contribution is 9.10. The number of nitrogens with two attached hydrogens (primary N) is 1. The summed E-state index contributed by atoms with van der Waals surface area (Å²) in [6, 6.07) is 6.13. The molecule has 0 amide bonds. The fourth-order valence-electron chi connectivity index (χ4n) is 1.09. The molecule has 0 aliphatic heterocycles. The molecule has 0 saturated carbocycles. The third kappa shape index (κ3) is 2.30. The Kier molecular flexibility index (Phi) is 3.72. The molecule has 0 bridgehead atoms. The van der Waals surface area contributed by atoms with Crippen LogP contribution in [0, 0.1) is 6.92 Å². The van der Waals surface area contributed by atoms with Crippen LogP contribution in [0.3, 0.4) is 0 Å². The maximum atomic E-state index is 4.95. The Morgan fingerprint density at radius 1 is 1.50 bits per heavy atom. The summed E-state index contributed by atoms with van der Waals surface area (Å²) in [5.74, 6) is 4.95.